The number of methoxy groups -OCH3 is 1. The molecule has 0 saturated heterocycles. The SMILES string of the molecule is COc1ccc(C(=O)Cc2nc(C)cs2)cc1F. The van der Waals surface area contributed by atoms with Gasteiger partial charge >= 0.3 is 0 Å². The first kappa shape index (κ1) is 12.7. The number of thiazole rings is 1. The molecular weight excluding hydrogens is 253 g/mol. The van der Waals surface area contributed by atoms with Crippen molar-refractivity contribution in [3.63, 3.8) is 0 Å². The molecule has 5 heteroatoms. The van der Waals surface area contributed by atoms with Crippen LogP contribution in [0.5, 0.6) is 5.75 Å². The average molecular weight is 265 g/mol. The second-order valence-electron chi connectivity index (χ2n) is 3.83. The first-order valence-corrected chi connectivity index (χ1v) is 6.26. The number of carbonyl (C=O) groups excluding carboxylic acids is 1. The summed E-state index contributed by atoms with van der Waals surface area (Å²) in [4.78, 5) is 16.1. The van der Waals surface area contributed by atoms with Crippen LogP contribution in [-0.2, 0) is 6.42 Å². The van der Waals surface area contributed by atoms with Crippen molar-refractivity contribution in [1.29, 1.82) is 0 Å². The van der Waals surface area contributed by atoms with Crippen LogP contribution in [0.1, 0.15) is 21.1 Å². The highest BCUT2D eigenvalue weighted by molar-refractivity contribution is 7.09. The van der Waals surface area contributed by atoms with Gasteiger partial charge in [-0.2, -0.15) is 0 Å². The van der Waals surface area contributed by atoms with Crippen LogP contribution in [0.3, 0.4) is 0 Å². The molecule has 3 nitrogen and oxygen atoms in total. The molecule has 2 rings (SSSR count). The molecule has 18 heavy (non-hydrogen) atoms. The largest absolute Gasteiger partial charge is 0.494 e. The van der Waals surface area contributed by atoms with E-state index in [0.717, 1.165) is 10.7 Å². The van der Waals surface area contributed by atoms with Gasteiger partial charge in [0.15, 0.2) is 17.3 Å². The molecule has 0 radical (unpaired) electrons. The van der Waals surface area contributed by atoms with Gasteiger partial charge in [-0.3, -0.25) is 4.79 Å². The van der Waals surface area contributed by atoms with E-state index in [4.69, 9.17) is 4.74 Å². The Morgan fingerprint density at radius 3 is 2.83 bits per heavy atom. The van der Waals surface area contributed by atoms with E-state index in [1.165, 1.54) is 30.6 Å². The number of hydrogen-bond acceptors (Lipinski definition) is 4. The molecule has 0 amide bonds. The van der Waals surface area contributed by atoms with Crippen LogP contribution in [0.15, 0.2) is 23.6 Å². The van der Waals surface area contributed by atoms with Gasteiger partial charge in [0, 0.05) is 16.6 Å². The van der Waals surface area contributed by atoms with Gasteiger partial charge in [-0.1, -0.05) is 0 Å². The van der Waals surface area contributed by atoms with Crippen molar-refractivity contribution in [2.24, 2.45) is 0 Å². The summed E-state index contributed by atoms with van der Waals surface area (Å²) in [6.45, 7) is 1.87. The molecule has 1 aromatic heterocycles. The number of hydrogen-bond donors (Lipinski definition) is 0. The lowest BCUT2D eigenvalue weighted by atomic mass is 10.1. The lowest BCUT2D eigenvalue weighted by Gasteiger charge is -2.03. The molecule has 0 aliphatic heterocycles. The number of rotatable bonds is 4. The summed E-state index contributed by atoms with van der Waals surface area (Å²) in [6.07, 6.45) is 0.199. The fourth-order valence-corrected chi connectivity index (χ4v) is 2.33. The minimum absolute atomic E-state index is 0.136. The van der Waals surface area contributed by atoms with E-state index in [1.807, 2.05) is 12.3 Å². The smallest absolute Gasteiger partial charge is 0.169 e. The number of nitrogens with zero attached hydrogens (tertiary/aromatic N) is 1. The Morgan fingerprint density at radius 2 is 2.28 bits per heavy atom. The molecule has 0 bridgehead atoms. The molecule has 1 aromatic carbocycles. The minimum atomic E-state index is -0.529. The maximum Gasteiger partial charge on any atom is 0.169 e. The number of Topliss-reactive ketones (excluding diaryl/α,β-unsaturated/α-hetero) is 1. The number of carbonyl (C=O) groups is 1. The normalized spacial score (nSPS) is 10.4. The van der Waals surface area contributed by atoms with Crippen molar-refractivity contribution in [2.75, 3.05) is 7.11 Å². The topological polar surface area (TPSA) is 39.2 Å². The highest BCUT2D eigenvalue weighted by Crippen LogP contribution is 2.19. The summed E-state index contributed by atoms with van der Waals surface area (Å²) in [6, 6.07) is 4.21. The number of aryl methyl sites for hydroxylation is 1. The van der Waals surface area contributed by atoms with Crippen LogP contribution in [0.4, 0.5) is 4.39 Å². The van der Waals surface area contributed by atoms with E-state index in [2.05, 4.69) is 4.98 Å². The molecule has 0 atom stereocenters. The molecule has 0 fully saturated rings. The van der Waals surface area contributed by atoms with E-state index >= 15 is 0 Å². The van der Waals surface area contributed by atoms with E-state index in [1.54, 1.807) is 6.07 Å². The van der Waals surface area contributed by atoms with Crippen molar-refractivity contribution >= 4 is 17.1 Å². The van der Waals surface area contributed by atoms with Crippen LogP contribution in [0.2, 0.25) is 0 Å². The second-order valence-corrected chi connectivity index (χ2v) is 4.77. The summed E-state index contributed by atoms with van der Waals surface area (Å²) < 4.78 is 18.3. The Bertz CT molecular complexity index is 580. The third-order valence-electron chi connectivity index (χ3n) is 2.45. The summed E-state index contributed by atoms with van der Waals surface area (Å²) in [7, 11) is 1.39. The minimum Gasteiger partial charge on any atom is -0.494 e. The number of ketones is 1. The Balaban J connectivity index is 2.16. The average Bonchev–Trinajstić information content (AvgIpc) is 2.74. The lowest BCUT2D eigenvalue weighted by molar-refractivity contribution is 0.0992. The van der Waals surface area contributed by atoms with Crippen molar-refractivity contribution in [1.82, 2.24) is 4.98 Å². The predicted octanol–water partition coefficient (Wildman–Crippen LogP) is 3.02. The van der Waals surface area contributed by atoms with Crippen LogP contribution in [0.25, 0.3) is 0 Å². The molecule has 0 aliphatic carbocycles. The maximum atomic E-state index is 13.5. The zero-order valence-corrected chi connectivity index (χ0v) is 10.9. The monoisotopic (exact) mass is 265 g/mol. The standard InChI is InChI=1S/C13H12FNO2S/c1-8-7-18-13(15-8)6-11(16)9-3-4-12(17-2)10(14)5-9/h3-5,7H,6H2,1-2H3. The zero-order valence-electron chi connectivity index (χ0n) is 10.1. The highest BCUT2D eigenvalue weighted by Gasteiger charge is 2.12. The number of halogens is 1. The molecule has 0 spiro atoms. The van der Waals surface area contributed by atoms with Gasteiger partial charge in [0.25, 0.3) is 0 Å². The van der Waals surface area contributed by atoms with Gasteiger partial charge in [-0.25, -0.2) is 9.37 Å². The first-order valence-electron chi connectivity index (χ1n) is 5.38. The van der Waals surface area contributed by atoms with Crippen molar-refractivity contribution in [3.8, 4) is 5.75 Å². The van der Waals surface area contributed by atoms with Gasteiger partial charge in [-0.15, -0.1) is 11.3 Å². The van der Waals surface area contributed by atoms with Crippen LogP contribution in [-0.4, -0.2) is 17.9 Å². The maximum absolute atomic E-state index is 13.5. The lowest BCUT2D eigenvalue weighted by Crippen LogP contribution is -2.04. The first-order chi connectivity index (χ1) is 8.60. The molecular formula is C13H12FNO2S. The van der Waals surface area contributed by atoms with Crippen LogP contribution < -0.4 is 4.74 Å². The quantitative estimate of drug-likeness (QED) is 0.798. The molecule has 94 valence electrons. The zero-order chi connectivity index (χ0) is 13.1. The van der Waals surface area contributed by atoms with Gasteiger partial charge in [0.2, 0.25) is 0 Å². The van der Waals surface area contributed by atoms with E-state index in [9.17, 15) is 9.18 Å². The van der Waals surface area contributed by atoms with E-state index < -0.39 is 5.82 Å². The fraction of sp³-hybridized carbons (Fsp3) is 0.231. The summed E-state index contributed by atoms with van der Waals surface area (Å²) in [5.74, 6) is -0.541. The molecule has 0 N–H and O–H groups in total. The van der Waals surface area contributed by atoms with E-state index in [-0.39, 0.29) is 18.0 Å². The van der Waals surface area contributed by atoms with Gasteiger partial charge in [-0.05, 0) is 25.1 Å². The Hall–Kier alpha value is -1.75. The van der Waals surface area contributed by atoms with Crippen LogP contribution in [0, 0.1) is 12.7 Å². The molecule has 0 aliphatic rings. The number of ether oxygens (including phenoxy) is 1. The fourth-order valence-electron chi connectivity index (χ4n) is 1.56. The summed E-state index contributed by atoms with van der Waals surface area (Å²) >= 11 is 1.43. The number of aromatic nitrogens is 1. The highest BCUT2D eigenvalue weighted by atomic mass is 32.1. The number of benzene rings is 1. The predicted molar refractivity (Wildman–Crippen MR) is 67.8 cm³/mol. The Labute approximate surface area is 108 Å². The van der Waals surface area contributed by atoms with Gasteiger partial charge in [0.05, 0.1) is 13.5 Å². The summed E-state index contributed by atoms with van der Waals surface area (Å²) in [5, 5.41) is 2.63. The molecule has 0 saturated carbocycles. The van der Waals surface area contributed by atoms with Gasteiger partial charge in [0.1, 0.15) is 5.01 Å². The van der Waals surface area contributed by atoms with Crippen LogP contribution >= 0.6 is 11.3 Å². The van der Waals surface area contributed by atoms with Crippen molar-refractivity contribution in [2.45, 2.75) is 13.3 Å². The third kappa shape index (κ3) is 2.73. The molecule has 0 unspecified atom stereocenters. The summed E-state index contributed by atoms with van der Waals surface area (Å²) in [5.41, 5.74) is 1.23. The van der Waals surface area contributed by atoms with Crippen molar-refractivity contribution in [3.05, 3.63) is 45.7 Å². The van der Waals surface area contributed by atoms with Crippen molar-refractivity contribution < 1.29 is 13.9 Å². The Morgan fingerprint density at radius 1 is 1.50 bits per heavy atom. The second kappa shape index (κ2) is 5.27. The third-order valence-corrected chi connectivity index (χ3v) is 3.42. The molecule has 2 aromatic rings. The Kier molecular flexibility index (Phi) is 3.72. The molecule has 1 heterocycles. The van der Waals surface area contributed by atoms with E-state index in [0.29, 0.717) is 5.56 Å². The van der Waals surface area contributed by atoms with Gasteiger partial charge < -0.3 is 4.74 Å².